The average Bonchev–Trinajstić information content (AvgIpc) is 3.26. The summed E-state index contributed by atoms with van der Waals surface area (Å²) >= 11 is 5.94. The number of fused-ring (bicyclic) bond motifs is 1. The van der Waals surface area contributed by atoms with Crippen LogP contribution in [0.3, 0.4) is 0 Å². The van der Waals surface area contributed by atoms with E-state index in [2.05, 4.69) is 0 Å². The number of halogens is 1. The summed E-state index contributed by atoms with van der Waals surface area (Å²) in [6.07, 6.45) is 2.25. The average molecular weight is 465 g/mol. The molecule has 31 heavy (non-hydrogen) atoms. The van der Waals surface area contributed by atoms with E-state index in [1.54, 1.807) is 24.3 Å². The molecule has 0 saturated carbocycles. The Bertz CT molecular complexity index is 1040. The van der Waals surface area contributed by atoms with Crippen LogP contribution in [0.2, 0.25) is 5.02 Å². The lowest BCUT2D eigenvalue weighted by Crippen LogP contribution is -2.47. The van der Waals surface area contributed by atoms with Gasteiger partial charge in [-0.15, -0.1) is 0 Å². The normalized spacial score (nSPS) is 21.1. The zero-order valence-corrected chi connectivity index (χ0v) is 18.6. The van der Waals surface area contributed by atoms with Gasteiger partial charge in [-0.25, -0.2) is 13.2 Å². The van der Waals surface area contributed by atoms with Crippen molar-refractivity contribution < 1.29 is 23.1 Å². The lowest BCUT2D eigenvalue weighted by atomic mass is 9.98. The smallest absolute Gasteiger partial charge is 0.410 e. The molecule has 166 valence electrons. The Morgan fingerprint density at radius 3 is 2.58 bits per heavy atom. The minimum atomic E-state index is -3.89. The number of amides is 1. The summed E-state index contributed by atoms with van der Waals surface area (Å²) in [4.78, 5) is 14.2. The third-order valence-electron chi connectivity index (χ3n) is 5.90. The SMILES string of the molecule is O=C(OCC1CCc2ccccc2N1S(=O)(=O)c1ccc(Cl)cc1)N1CCCC1CO. The number of aryl methyl sites for hydroxylation is 1. The number of carbonyl (C=O) groups excluding carboxylic acids is 1. The van der Waals surface area contributed by atoms with E-state index in [0.29, 0.717) is 30.1 Å². The Balaban J connectivity index is 1.61. The monoisotopic (exact) mass is 464 g/mol. The second kappa shape index (κ2) is 9.06. The second-order valence-electron chi connectivity index (χ2n) is 7.82. The molecule has 1 N–H and O–H groups in total. The highest BCUT2D eigenvalue weighted by Gasteiger charge is 2.37. The van der Waals surface area contributed by atoms with Gasteiger partial charge in [0.05, 0.1) is 29.3 Å². The van der Waals surface area contributed by atoms with E-state index >= 15 is 0 Å². The molecule has 0 bridgehead atoms. The number of hydrogen-bond acceptors (Lipinski definition) is 5. The Labute approximate surface area is 187 Å². The van der Waals surface area contributed by atoms with Crippen molar-refractivity contribution in [2.45, 2.75) is 42.7 Å². The molecule has 0 radical (unpaired) electrons. The second-order valence-corrected chi connectivity index (χ2v) is 10.1. The lowest BCUT2D eigenvalue weighted by molar-refractivity contribution is 0.0798. The van der Waals surface area contributed by atoms with Gasteiger partial charge in [0.1, 0.15) is 6.61 Å². The summed E-state index contributed by atoms with van der Waals surface area (Å²) in [6.45, 7) is 0.363. The molecule has 1 saturated heterocycles. The lowest BCUT2D eigenvalue weighted by Gasteiger charge is -2.37. The van der Waals surface area contributed by atoms with Gasteiger partial charge in [-0.2, -0.15) is 0 Å². The molecule has 2 aromatic rings. The first-order valence-electron chi connectivity index (χ1n) is 10.3. The van der Waals surface area contributed by atoms with Crippen molar-refractivity contribution in [3.8, 4) is 0 Å². The van der Waals surface area contributed by atoms with Crippen molar-refractivity contribution in [1.29, 1.82) is 0 Å². The minimum Gasteiger partial charge on any atom is -0.447 e. The zero-order valence-electron chi connectivity index (χ0n) is 17.0. The van der Waals surface area contributed by atoms with Gasteiger partial charge in [-0.3, -0.25) is 4.31 Å². The summed E-state index contributed by atoms with van der Waals surface area (Å²) in [7, 11) is -3.89. The van der Waals surface area contributed by atoms with Crippen molar-refractivity contribution >= 4 is 33.4 Å². The van der Waals surface area contributed by atoms with Crippen molar-refractivity contribution in [2.75, 3.05) is 24.1 Å². The van der Waals surface area contributed by atoms with Crippen LogP contribution in [-0.4, -0.2) is 56.4 Å². The molecule has 2 aromatic carbocycles. The predicted octanol–water partition coefficient (Wildman–Crippen LogP) is 3.44. The number of benzene rings is 2. The Hall–Kier alpha value is -2.29. The minimum absolute atomic E-state index is 0.0609. The fraction of sp³-hybridized carbons (Fsp3) is 0.409. The van der Waals surface area contributed by atoms with Gasteiger partial charge in [0.25, 0.3) is 10.0 Å². The maximum atomic E-state index is 13.6. The Kier molecular flexibility index (Phi) is 6.41. The topological polar surface area (TPSA) is 87.2 Å². The van der Waals surface area contributed by atoms with Gasteiger partial charge < -0.3 is 14.7 Å². The third kappa shape index (κ3) is 4.37. The zero-order chi connectivity index (χ0) is 22.0. The molecular weight excluding hydrogens is 440 g/mol. The van der Waals surface area contributed by atoms with E-state index in [9.17, 15) is 18.3 Å². The van der Waals surface area contributed by atoms with E-state index in [1.165, 1.54) is 21.3 Å². The van der Waals surface area contributed by atoms with Crippen LogP contribution >= 0.6 is 11.6 Å². The van der Waals surface area contributed by atoms with Gasteiger partial charge in [0.15, 0.2) is 0 Å². The van der Waals surface area contributed by atoms with Crippen LogP contribution in [0, 0.1) is 0 Å². The largest absolute Gasteiger partial charge is 0.447 e. The molecule has 4 rings (SSSR count). The summed E-state index contributed by atoms with van der Waals surface area (Å²) in [6, 6.07) is 12.6. The number of anilines is 1. The van der Waals surface area contributed by atoms with Crippen LogP contribution in [-0.2, 0) is 21.2 Å². The highest BCUT2D eigenvalue weighted by atomic mass is 35.5. The number of ether oxygens (including phenoxy) is 1. The van der Waals surface area contributed by atoms with Gasteiger partial charge in [-0.05, 0) is 61.6 Å². The summed E-state index contributed by atoms with van der Waals surface area (Å²) in [5.41, 5.74) is 1.53. The van der Waals surface area contributed by atoms with Crippen LogP contribution < -0.4 is 4.31 Å². The fourth-order valence-electron chi connectivity index (χ4n) is 4.29. The molecule has 2 aliphatic heterocycles. The molecule has 0 aliphatic carbocycles. The number of carbonyl (C=O) groups is 1. The molecule has 1 amide bonds. The van der Waals surface area contributed by atoms with Crippen LogP contribution in [0.15, 0.2) is 53.4 Å². The quantitative estimate of drug-likeness (QED) is 0.732. The molecule has 1 fully saturated rings. The van der Waals surface area contributed by atoms with Crippen molar-refractivity contribution in [1.82, 2.24) is 4.90 Å². The van der Waals surface area contributed by atoms with Gasteiger partial charge in [0, 0.05) is 11.6 Å². The standard InChI is InChI=1S/C22H25ClN2O5S/c23-17-8-11-20(12-9-17)31(28,29)25-19(10-7-16-4-1-2-6-21(16)25)15-30-22(27)24-13-3-5-18(24)14-26/h1-2,4,6,8-9,11-12,18-19,26H,3,5,7,10,13-15H2. The number of hydrogen-bond donors (Lipinski definition) is 1. The van der Waals surface area contributed by atoms with Gasteiger partial charge in [0.2, 0.25) is 0 Å². The summed E-state index contributed by atoms with van der Waals surface area (Å²) in [5, 5.41) is 9.91. The van der Waals surface area contributed by atoms with E-state index in [4.69, 9.17) is 16.3 Å². The number of aliphatic hydroxyl groups is 1. The van der Waals surface area contributed by atoms with E-state index in [-0.39, 0.29) is 24.2 Å². The Morgan fingerprint density at radius 1 is 1.10 bits per heavy atom. The number of likely N-dealkylation sites (tertiary alicyclic amines) is 1. The van der Waals surface area contributed by atoms with Gasteiger partial charge >= 0.3 is 6.09 Å². The number of para-hydroxylation sites is 1. The predicted molar refractivity (Wildman–Crippen MR) is 118 cm³/mol. The number of aliphatic hydroxyl groups excluding tert-OH is 1. The van der Waals surface area contributed by atoms with Crippen LogP contribution in [0.1, 0.15) is 24.8 Å². The first-order chi connectivity index (χ1) is 14.9. The molecule has 2 aliphatic rings. The first kappa shape index (κ1) is 21.9. The molecule has 0 aromatic heterocycles. The number of nitrogens with zero attached hydrogens (tertiary/aromatic N) is 2. The van der Waals surface area contributed by atoms with Crippen molar-refractivity contribution in [3.05, 3.63) is 59.1 Å². The highest BCUT2D eigenvalue weighted by molar-refractivity contribution is 7.92. The first-order valence-corrected chi connectivity index (χ1v) is 12.2. The molecule has 0 spiro atoms. The third-order valence-corrected chi connectivity index (χ3v) is 8.03. The maximum Gasteiger partial charge on any atom is 0.410 e. The van der Waals surface area contributed by atoms with Crippen LogP contribution in [0.4, 0.5) is 10.5 Å². The van der Waals surface area contributed by atoms with Crippen molar-refractivity contribution in [2.24, 2.45) is 0 Å². The van der Waals surface area contributed by atoms with E-state index in [0.717, 1.165) is 18.4 Å². The highest BCUT2D eigenvalue weighted by Crippen LogP contribution is 2.36. The summed E-state index contributed by atoms with van der Waals surface area (Å²) in [5.74, 6) is 0. The summed E-state index contributed by atoms with van der Waals surface area (Å²) < 4.78 is 34.1. The van der Waals surface area contributed by atoms with E-state index in [1.807, 2.05) is 12.1 Å². The van der Waals surface area contributed by atoms with Gasteiger partial charge in [-0.1, -0.05) is 29.8 Å². The Morgan fingerprint density at radius 2 is 1.84 bits per heavy atom. The van der Waals surface area contributed by atoms with Crippen LogP contribution in [0.25, 0.3) is 0 Å². The number of rotatable bonds is 5. The molecule has 2 unspecified atom stereocenters. The molecule has 2 heterocycles. The molecule has 9 heteroatoms. The molecule has 7 nitrogen and oxygen atoms in total. The van der Waals surface area contributed by atoms with Crippen molar-refractivity contribution in [3.63, 3.8) is 0 Å². The fourth-order valence-corrected chi connectivity index (χ4v) is 6.12. The van der Waals surface area contributed by atoms with Crippen LogP contribution in [0.5, 0.6) is 0 Å². The molecule has 2 atom stereocenters. The number of sulfonamides is 1. The maximum absolute atomic E-state index is 13.6. The van der Waals surface area contributed by atoms with E-state index < -0.39 is 22.2 Å². The molecular formula is C22H25ClN2O5S.